The average Bonchev–Trinajstić information content (AvgIpc) is 2.32. The zero-order chi connectivity index (χ0) is 9.41. The quantitative estimate of drug-likeness (QED) is 0.648. The highest BCUT2D eigenvalue weighted by Crippen LogP contribution is 2.33. The van der Waals surface area contributed by atoms with E-state index in [9.17, 15) is 0 Å². The Hall–Kier alpha value is -0.120. The van der Waals surface area contributed by atoms with Crippen molar-refractivity contribution in [3.63, 3.8) is 0 Å². The first-order valence-corrected chi connectivity index (χ1v) is 4.28. The summed E-state index contributed by atoms with van der Waals surface area (Å²) >= 11 is 0. The first-order chi connectivity index (χ1) is 5.37. The van der Waals surface area contributed by atoms with Gasteiger partial charge in [-0.3, -0.25) is 0 Å². The normalized spacial score (nSPS) is 37.2. The molecular weight excluding hydrogens is 156 g/mol. The molecular formula is C9H18O3. The van der Waals surface area contributed by atoms with E-state index >= 15 is 0 Å². The van der Waals surface area contributed by atoms with Gasteiger partial charge >= 0.3 is 0 Å². The fraction of sp³-hybridized carbons (Fsp3) is 1.00. The highest BCUT2D eigenvalue weighted by Gasteiger charge is 2.41. The summed E-state index contributed by atoms with van der Waals surface area (Å²) in [4.78, 5) is 0. The Morgan fingerprint density at radius 3 is 2.33 bits per heavy atom. The van der Waals surface area contributed by atoms with Crippen LogP contribution in [0.4, 0.5) is 0 Å². The van der Waals surface area contributed by atoms with Gasteiger partial charge in [-0.2, -0.15) is 0 Å². The summed E-state index contributed by atoms with van der Waals surface area (Å²) < 4.78 is 11.0. The molecule has 1 saturated heterocycles. The minimum absolute atomic E-state index is 0.0135. The number of ether oxygens (including phenoxy) is 2. The van der Waals surface area contributed by atoms with Crippen LogP contribution in [0.2, 0.25) is 0 Å². The SMILES string of the molecule is CC1(CO)COC(C(C)(C)C)O1. The van der Waals surface area contributed by atoms with Crippen molar-refractivity contribution in [2.24, 2.45) is 5.41 Å². The average molecular weight is 174 g/mol. The Bertz CT molecular complexity index is 162. The standard InChI is InChI=1S/C9H18O3/c1-8(2,3)7-11-6-9(4,5-10)12-7/h7,10H,5-6H2,1-4H3. The van der Waals surface area contributed by atoms with Gasteiger partial charge in [0, 0.05) is 5.41 Å². The topological polar surface area (TPSA) is 38.7 Å². The number of aliphatic hydroxyl groups is 1. The molecule has 2 atom stereocenters. The van der Waals surface area contributed by atoms with Gasteiger partial charge in [-0.15, -0.1) is 0 Å². The molecule has 0 spiro atoms. The summed E-state index contributed by atoms with van der Waals surface area (Å²) in [5, 5.41) is 9.00. The van der Waals surface area contributed by atoms with Crippen molar-refractivity contribution >= 4 is 0 Å². The Morgan fingerprint density at radius 1 is 1.50 bits per heavy atom. The van der Waals surface area contributed by atoms with Gasteiger partial charge in [0.2, 0.25) is 0 Å². The van der Waals surface area contributed by atoms with Gasteiger partial charge in [-0.1, -0.05) is 20.8 Å². The lowest BCUT2D eigenvalue weighted by Crippen LogP contribution is -2.35. The van der Waals surface area contributed by atoms with Crippen LogP contribution in [-0.4, -0.2) is 30.2 Å². The van der Waals surface area contributed by atoms with Gasteiger partial charge in [0.05, 0.1) is 13.2 Å². The van der Waals surface area contributed by atoms with Crippen molar-refractivity contribution in [1.82, 2.24) is 0 Å². The lowest BCUT2D eigenvalue weighted by atomic mass is 9.96. The van der Waals surface area contributed by atoms with E-state index < -0.39 is 5.60 Å². The first kappa shape index (κ1) is 9.96. The highest BCUT2D eigenvalue weighted by atomic mass is 16.7. The smallest absolute Gasteiger partial charge is 0.163 e. The predicted molar refractivity (Wildman–Crippen MR) is 45.8 cm³/mol. The van der Waals surface area contributed by atoms with Crippen LogP contribution in [0.15, 0.2) is 0 Å². The summed E-state index contributed by atoms with van der Waals surface area (Å²) in [6.45, 7) is 8.52. The first-order valence-electron chi connectivity index (χ1n) is 4.28. The summed E-state index contributed by atoms with van der Waals surface area (Å²) in [6, 6.07) is 0. The van der Waals surface area contributed by atoms with E-state index in [4.69, 9.17) is 14.6 Å². The molecule has 1 rings (SSSR count). The molecule has 0 aromatic rings. The van der Waals surface area contributed by atoms with Crippen LogP contribution in [0.5, 0.6) is 0 Å². The number of hydrogen-bond acceptors (Lipinski definition) is 3. The van der Waals surface area contributed by atoms with Crippen LogP contribution in [0.1, 0.15) is 27.7 Å². The third-order valence-corrected chi connectivity index (χ3v) is 1.97. The Kier molecular flexibility index (Phi) is 2.47. The van der Waals surface area contributed by atoms with E-state index in [0.717, 1.165) is 0 Å². The summed E-state index contributed by atoms with van der Waals surface area (Å²) in [6.07, 6.45) is -0.199. The van der Waals surface area contributed by atoms with E-state index in [1.807, 2.05) is 6.92 Å². The molecule has 12 heavy (non-hydrogen) atoms. The highest BCUT2D eigenvalue weighted by molar-refractivity contribution is 4.83. The van der Waals surface area contributed by atoms with E-state index in [0.29, 0.717) is 6.61 Å². The predicted octanol–water partition coefficient (Wildman–Crippen LogP) is 1.16. The molecule has 0 aromatic carbocycles. The van der Waals surface area contributed by atoms with Gasteiger partial charge in [-0.25, -0.2) is 0 Å². The Balaban J connectivity index is 2.57. The molecule has 3 nitrogen and oxygen atoms in total. The van der Waals surface area contributed by atoms with Crippen molar-refractivity contribution in [1.29, 1.82) is 0 Å². The molecule has 0 bridgehead atoms. The van der Waals surface area contributed by atoms with Crippen LogP contribution in [0, 0.1) is 5.41 Å². The van der Waals surface area contributed by atoms with E-state index in [1.165, 1.54) is 0 Å². The lowest BCUT2D eigenvalue weighted by molar-refractivity contribution is -0.149. The second-order valence-electron chi connectivity index (χ2n) is 4.73. The molecule has 72 valence electrons. The number of hydrogen-bond donors (Lipinski definition) is 1. The fourth-order valence-corrected chi connectivity index (χ4v) is 1.09. The van der Waals surface area contributed by atoms with Gasteiger partial charge in [-0.05, 0) is 6.92 Å². The van der Waals surface area contributed by atoms with Gasteiger partial charge < -0.3 is 14.6 Å². The lowest BCUT2D eigenvalue weighted by Gasteiger charge is -2.27. The van der Waals surface area contributed by atoms with E-state index in [1.54, 1.807) is 0 Å². The Labute approximate surface area is 73.7 Å². The van der Waals surface area contributed by atoms with Crippen molar-refractivity contribution in [2.45, 2.75) is 39.6 Å². The molecule has 0 amide bonds. The van der Waals surface area contributed by atoms with Gasteiger partial charge in [0.15, 0.2) is 6.29 Å². The maximum absolute atomic E-state index is 9.00. The monoisotopic (exact) mass is 174 g/mol. The minimum Gasteiger partial charge on any atom is -0.393 e. The molecule has 1 aliphatic rings. The van der Waals surface area contributed by atoms with Crippen LogP contribution in [0.25, 0.3) is 0 Å². The molecule has 0 aromatic heterocycles. The van der Waals surface area contributed by atoms with Gasteiger partial charge in [0.1, 0.15) is 5.60 Å². The summed E-state index contributed by atoms with van der Waals surface area (Å²) in [5.74, 6) is 0. The second kappa shape index (κ2) is 2.98. The van der Waals surface area contributed by atoms with Crippen LogP contribution < -0.4 is 0 Å². The zero-order valence-corrected chi connectivity index (χ0v) is 8.26. The number of rotatable bonds is 1. The molecule has 1 fully saturated rings. The minimum atomic E-state index is -0.502. The van der Waals surface area contributed by atoms with Crippen LogP contribution in [0.3, 0.4) is 0 Å². The van der Waals surface area contributed by atoms with Crippen LogP contribution in [-0.2, 0) is 9.47 Å². The largest absolute Gasteiger partial charge is 0.393 e. The Morgan fingerprint density at radius 2 is 2.08 bits per heavy atom. The third-order valence-electron chi connectivity index (χ3n) is 1.97. The van der Waals surface area contributed by atoms with Crippen LogP contribution >= 0.6 is 0 Å². The van der Waals surface area contributed by atoms with Crippen molar-refractivity contribution < 1.29 is 14.6 Å². The molecule has 0 radical (unpaired) electrons. The summed E-state index contributed by atoms with van der Waals surface area (Å²) in [7, 11) is 0. The molecule has 0 aliphatic carbocycles. The second-order valence-corrected chi connectivity index (χ2v) is 4.73. The fourth-order valence-electron chi connectivity index (χ4n) is 1.09. The molecule has 1 heterocycles. The maximum atomic E-state index is 9.00. The molecule has 1 aliphatic heterocycles. The maximum Gasteiger partial charge on any atom is 0.163 e. The molecule has 3 heteroatoms. The molecule has 1 N–H and O–H groups in total. The van der Waals surface area contributed by atoms with Gasteiger partial charge in [0.25, 0.3) is 0 Å². The summed E-state index contributed by atoms with van der Waals surface area (Å²) in [5.41, 5.74) is -0.523. The van der Waals surface area contributed by atoms with E-state index in [-0.39, 0.29) is 18.3 Å². The van der Waals surface area contributed by atoms with Crippen molar-refractivity contribution in [3.8, 4) is 0 Å². The van der Waals surface area contributed by atoms with Crippen molar-refractivity contribution in [2.75, 3.05) is 13.2 Å². The van der Waals surface area contributed by atoms with Crippen molar-refractivity contribution in [3.05, 3.63) is 0 Å². The molecule has 2 unspecified atom stereocenters. The van der Waals surface area contributed by atoms with E-state index in [2.05, 4.69) is 20.8 Å². The third kappa shape index (κ3) is 1.97. The number of aliphatic hydroxyl groups excluding tert-OH is 1. The molecule has 0 saturated carbocycles. The zero-order valence-electron chi connectivity index (χ0n) is 8.26.